The van der Waals surface area contributed by atoms with Crippen molar-refractivity contribution < 1.29 is 14.3 Å². The molecule has 0 spiro atoms. The Bertz CT molecular complexity index is 538. The van der Waals surface area contributed by atoms with Gasteiger partial charge in [-0.25, -0.2) is 9.97 Å². The monoisotopic (exact) mass is 356 g/mol. The third-order valence-corrected chi connectivity index (χ3v) is 4.55. The molecular weight excluding hydrogens is 332 g/mol. The smallest absolute Gasteiger partial charge is 0.264 e. The van der Waals surface area contributed by atoms with Crippen molar-refractivity contribution >= 4 is 18.3 Å². The Morgan fingerprint density at radius 2 is 1.75 bits per heavy atom. The average Bonchev–Trinajstić information content (AvgIpc) is 3.43. The van der Waals surface area contributed by atoms with Crippen molar-refractivity contribution in [1.82, 2.24) is 20.2 Å². The largest absolute Gasteiger partial charge is 0.480 e. The van der Waals surface area contributed by atoms with Crippen LogP contribution in [0, 0.1) is 5.92 Å². The second kappa shape index (κ2) is 8.48. The Morgan fingerprint density at radius 3 is 2.25 bits per heavy atom. The molecule has 1 saturated carbocycles. The van der Waals surface area contributed by atoms with Crippen molar-refractivity contribution in [2.24, 2.45) is 5.92 Å². The van der Waals surface area contributed by atoms with Crippen LogP contribution >= 0.6 is 12.4 Å². The summed E-state index contributed by atoms with van der Waals surface area (Å²) in [6.07, 6.45) is 5.99. The second-order valence-electron chi connectivity index (χ2n) is 6.19. The molecule has 0 bridgehead atoms. The van der Waals surface area contributed by atoms with Gasteiger partial charge in [-0.1, -0.05) is 0 Å². The first-order chi connectivity index (χ1) is 11.2. The molecule has 2 heterocycles. The predicted octanol–water partition coefficient (Wildman–Crippen LogP) is 1.52. The molecule has 8 heteroatoms. The number of likely N-dealkylation sites (tertiary alicyclic amines) is 1. The third kappa shape index (κ3) is 4.27. The van der Waals surface area contributed by atoms with E-state index in [-0.39, 0.29) is 30.1 Å². The Labute approximate surface area is 148 Å². The van der Waals surface area contributed by atoms with Gasteiger partial charge in [0.05, 0.1) is 14.2 Å². The lowest BCUT2D eigenvalue weighted by Crippen LogP contribution is -2.45. The first-order valence-electron chi connectivity index (χ1n) is 8.18. The molecule has 0 aromatic carbocycles. The van der Waals surface area contributed by atoms with Crippen LogP contribution in [-0.4, -0.2) is 60.7 Å². The highest BCUT2D eigenvalue weighted by Crippen LogP contribution is 2.29. The van der Waals surface area contributed by atoms with Crippen molar-refractivity contribution in [3.8, 4) is 11.8 Å². The minimum Gasteiger partial charge on any atom is -0.480 e. The number of ether oxygens (including phenoxy) is 2. The van der Waals surface area contributed by atoms with Crippen LogP contribution in [0.1, 0.15) is 36.0 Å². The van der Waals surface area contributed by atoms with E-state index < -0.39 is 0 Å². The zero-order valence-electron chi connectivity index (χ0n) is 14.2. The van der Waals surface area contributed by atoms with Crippen molar-refractivity contribution in [1.29, 1.82) is 0 Å². The van der Waals surface area contributed by atoms with Gasteiger partial charge < -0.3 is 19.7 Å². The van der Waals surface area contributed by atoms with E-state index in [1.807, 2.05) is 4.90 Å². The number of piperidine rings is 1. The molecule has 1 aliphatic carbocycles. The molecule has 3 rings (SSSR count). The maximum atomic E-state index is 12.8. The molecule has 2 aliphatic rings. The first kappa shape index (κ1) is 18.7. The van der Waals surface area contributed by atoms with Gasteiger partial charge in [-0.15, -0.1) is 12.4 Å². The van der Waals surface area contributed by atoms with Crippen molar-refractivity contribution in [2.45, 2.75) is 31.7 Å². The van der Waals surface area contributed by atoms with E-state index in [4.69, 9.17) is 9.47 Å². The predicted molar refractivity (Wildman–Crippen MR) is 92.0 cm³/mol. The molecule has 1 aromatic rings. The number of carbonyl (C=O) groups excluding carboxylic acids is 1. The van der Waals surface area contributed by atoms with Crippen LogP contribution in [-0.2, 0) is 0 Å². The van der Waals surface area contributed by atoms with E-state index in [0.717, 1.165) is 38.4 Å². The highest BCUT2D eigenvalue weighted by Gasteiger charge is 2.30. The van der Waals surface area contributed by atoms with Gasteiger partial charge in [-0.05, 0) is 38.1 Å². The SMILES string of the molecule is COc1ncnc(OC)c1C(=O)N1CCC(NCC2CC2)CC1.Cl. The molecule has 7 nitrogen and oxygen atoms in total. The lowest BCUT2D eigenvalue weighted by molar-refractivity contribution is 0.0696. The van der Waals surface area contributed by atoms with Crippen LogP contribution in [0.5, 0.6) is 11.8 Å². The number of amides is 1. The minimum absolute atomic E-state index is 0. The summed E-state index contributed by atoms with van der Waals surface area (Å²) in [5.41, 5.74) is 0.307. The van der Waals surface area contributed by atoms with Crippen LogP contribution < -0.4 is 14.8 Å². The number of methoxy groups -OCH3 is 2. The van der Waals surface area contributed by atoms with Crippen LogP contribution in [0.25, 0.3) is 0 Å². The summed E-state index contributed by atoms with van der Waals surface area (Å²) in [4.78, 5) is 22.7. The van der Waals surface area contributed by atoms with Crippen LogP contribution in [0.2, 0.25) is 0 Å². The van der Waals surface area contributed by atoms with Gasteiger partial charge in [0.25, 0.3) is 5.91 Å². The number of aromatic nitrogens is 2. The standard InChI is InChI=1S/C16H24N4O3.ClH/c1-22-14-13(15(23-2)19-10-18-14)16(21)20-7-5-12(6-8-20)17-9-11-3-4-11;/h10-12,17H,3-9H2,1-2H3;1H. The van der Waals surface area contributed by atoms with Crippen molar-refractivity contribution in [3.05, 3.63) is 11.9 Å². The highest BCUT2D eigenvalue weighted by molar-refractivity contribution is 5.98. The second-order valence-corrected chi connectivity index (χ2v) is 6.19. The van der Waals surface area contributed by atoms with Gasteiger partial charge >= 0.3 is 0 Å². The normalized spacial score (nSPS) is 18.0. The summed E-state index contributed by atoms with van der Waals surface area (Å²) in [6.45, 7) is 2.57. The lowest BCUT2D eigenvalue weighted by atomic mass is 10.0. The quantitative estimate of drug-likeness (QED) is 0.832. The fraction of sp³-hybridized carbons (Fsp3) is 0.688. The number of hydrogen-bond acceptors (Lipinski definition) is 6. The van der Waals surface area contributed by atoms with Crippen molar-refractivity contribution in [2.75, 3.05) is 33.9 Å². The molecule has 1 aliphatic heterocycles. The summed E-state index contributed by atoms with van der Waals surface area (Å²) in [5, 5.41) is 3.62. The Morgan fingerprint density at radius 1 is 1.17 bits per heavy atom. The maximum absolute atomic E-state index is 12.8. The summed E-state index contributed by atoms with van der Waals surface area (Å²) >= 11 is 0. The van der Waals surface area contributed by atoms with E-state index in [1.54, 1.807) is 0 Å². The van der Waals surface area contributed by atoms with E-state index >= 15 is 0 Å². The van der Waals surface area contributed by atoms with Crippen LogP contribution in [0.3, 0.4) is 0 Å². The molecular formula is C16H25ClN4O3. The molecule has 2 fully saturated rings. The summed E-state index contributed by atoms with van der Waals surface area (Å²) in [6, 6.07) is 0.510. The number of rotatable bonds is 6. The number of hydrogen-bond donors (Lipinski definition) is 1. The third-order valence-electron chi connectivity index (χ3n) is 4.55. The van der Waals surface area contributed by atoms with E-state index in [0.29, 0.717) is 11.6 Å². The fourth-order valence-corrected chi connectivity index (χ4v) is 2.95. The molecule has 0 radical (unpaired) electrons. The van der Waals surface area contributed by atoms with E-state index in [9.17, 15) is 4.79 Å². The minimum atomic E-state index is -0.125. The Hall–Kier alpha value is -1.60. The summed E-state index contributed by atoms with van der Waals surface area (Å²) in [5.74, 6) is 1.27. The molecule has 1 saturated heterocycles. The lowest BCUT2D eigenvalue weighted by Gasteiger charge is -2.32. The average molecular weight is 357 g/mol. The van der Waals surface area contributed by atoms with E-state index in [2.05, 4.69) is 15.3 Å². The number of nitrogens with zero attached hydrogens (tertiary/aromatic N) is 3. The number of halogens is 1. The molecule has 1 amide bonds. The summed E-state index contributed by atoms with van der Waals surface area (Å²) in [7, 11) is 2.99. The van der Waals surface area contributed by atoms with Crippen LogP contribution in [0.4, 0.5) is 0 Å². The zero-order valence-corrected chi connectivity index (χ0v) is 15.0. The molecule has 0 atom stereocenters. The van der Waals surface area contributed by atoms with Gasteiger partial charge in [0.2, 0.25) is 11.8 Å². The Kier molecular flexibility index (Phi) is 6.62. The van der Waals surface area contributed by atoms with Gasteiger partial charge in [-0.2, -0.15) is 0 Å². The van der Waals surface area contributed by atoms with Gasteiger partial charge in [0.1, 0.15) is 6.33 Å². The molecule has 1 N–H and O–H groups in total. The van der Waals surface area contributed by atoms with E-state index in [1.165, 1.54) is 33.4 Å². The fourth-order valence-electron chi connectivity index (χ4n) is 2.95. The molecule has 134 valence electrons. The molecule has 0 unspecified atom stereocenters. The van der Waals surface area contributed by atoms with Gasteiger partial charge in [0, 0.05) is 19.1 Å². The van der Waals surface area contributed by atoms with Crippen LogP contribution in [0.15, 0.2) is 6.33 Å². The molecule has 24 heavy (non-hydrogen) atoms. The van der Waals surface area contributed by atoms with Gasteiger partial charge in [0.15, 0.2) is 5.56 Å². The molecule has 1 aromatic heterocycles. The maximum Gasteiger partial charge on any atom is 0.264 e. The first-order valence-corrected chi connectivity index (χ1v) is 8.18. The Balaban J connectivity index is 0.00000208. The summed E-state index contributed by atoms with van der Waals surface area (Å²) < 4.78 is 10.4. The highest BCUT2D eigenvalue weighted by atomic mass is 35.5. The van der Waals surface area contributed by atoms with Crippen molar-refractivity contribution in [3.63, 3.8) is 0 Å². The number of carbonyl (C=O) groups is 1. The number of nitrogens with one attached hydrogen (secondary N) is 1. The topological polar surface area (TPSA) is 76.6 Å². The van der Waals surface area contributed by atoms with Gasteiger partial charge in [-0.3, -0.25) is 4.79 Å². The zero-order chi connectivity index (χ0) is 16.2.